The molecule has 0 amide bonds. The van der Waals surface area contributed by atoms with Gasteiger partial charge in [-0.25, -0.2) is 13.1 Å². The minimum absolute atomic E-state index is 0.0844. The molecule has 0 saturated heterocycles. The van der Waals surface area contributed by atoms with Crippen molar-refractivity contribution in [3.05, 3.63) is 62.7 Å². The number of sulfonamides is 1. The third kappa shape index (κ3) is 5.64. The number of halogens is 1. The molecule has 0 aliphatic heterocycles. The second-order valence-electron chi connectivity index (χ2n) is 7.53. The first kappa shape index (κ1) is 22.4. The Morgan fingerprint density at radius 1 is 1.17 bits per heavy atom. The van der Waals surface area contributed by atoms with Gasteiger partial charge in [0.25, 0.3) is 0 Å². The van der Waals surface area contributed by atoms with Gasteiger partial charge in [-0.3, -0.25) is 9.36 Å². The fraction of sp³-hybridized carbons (Fsp3) is 0.350. The van der Waals surface area contributed by atoms with Crippen LogP contribution in [0, 0.1) is 0 Å². The van der Waals surface area contributed by atoms with Crippen molar-refractivity contribution in [1.29, 1.82) is 0 Å². The number of thioether (sulfide) groups is 1. The second kappa shape index (κ2) is 8.81. The summed E-state index contributed by atoms with van der Waals surface area (Å²) in [6, 6.07) is 12.1. The van der Waals surface area contributed by atoms with E-state index < -0.39 is 10.0 Å². The summed E-state index contributed by atoms with van der Waals surface area (Å²) in [6.45, 7) is 6.97. The number of hydrogen-bond acceptors (Lipinski definition) is 5. The number of benzene rings is 2. The number of aromatic nitrogens is 1. The lowest BCUT2D eigenvalue weighted by atomic mass is 10.2. The van der Waals surface area contributed by atoms with E-state index in [0.29, 0.717) is 34.1 Å². The van der Waals surface area contributed by atoms with Crippen molar-refractivity contribution in [2.45, 2.75) is 37.0 Å². The summed E-state index contributed by atoms with van der Waals surface area (Å²) >= 11 is 8.95. The van der Waals surface area contributed by atoms with Crippen molar-refractivity contribution in [1.82, 2.24) is 9.29 Å². The normalized spacial score (nSPS) is 12.6. The van der Waals surface area contributed by atoms with Crippen LogP contribution in [0.3, 0.4) is 0 Å². The van der Waals surface area contributed by atoms with Gasteiger partial charge in [0.1, 0.15) is 0 Å². The molecule has 2 aromatic carbocycles. The Morgan fingerprint density at radius 3 is 2.59 bits per heavy atom. The molecule has 156 valence electrons. The highest BCUT2D eigenvalue weighted by Gasteiger charge is 2.18. The summed E-state index contributed by atoms with van der Waals surface area (Å²) < 4.78 is 30.2. The zero-order chi connectivity index (χ0) is 21.2. The molecule has 9 heteroatoms. The van der Waals surface area contributed by atoms with Crippen LogP contribution in [0.1, 0.15) is 26.3 Å². The van der Waals surface area contributed by atoms with Gasteiger partial charge in [-0.05, 0) is 29.8 Å². The Bertz CT molecular complexity index is 1180. The van der Waals surface area contributed by atoms with Gasteiger partial charge in [-0.1, -0.05) is 61.9 Å². The molecule has 0 aliphatic carbocycles. The van der Waals surface area contributed by atoms with Crippen molar-refractivity contribution in [2.24, 2.45) is 0 Å². The maximum Gasteiger partial charge on any atom is 0.308 e. The van der Waals surface area contributed by atoms with Gasteiger partial charge in [-0.2, -0.15) is 11.8 Å². The SMILES string of the molecule is CC(C)(C)SCCNS(=O)(=O)c1ccc2c(c1)sc(=O)n2Cc1ccccc1Cl. The van der Waals surface area contributed by atoms with E-state index in [2.05, 4.69) is 25.5 Å². The average molecular weight is 471 g/mol. The summed E-state index contributed by atoms with van der Waals surface area (Å²) in [5.74, 6) is 0.687. The summed E-state index contributed by atoms with van der Waals surface area (Å²) in [7, 11) is -3.63. The molecule has 0 saturated carbocycles. The van der Waals surface area contributed by atoms with Crippen LogP contribution >= 0.6 is 34.7 Å². The standard InChI is InChI=1S/C20H23ClN2O3S3/c1-20(2,3)27-11-10-22-29(25,26)15-8-9-17-18(12-15)28-19(24)23(17)13-14-6-4-5-7-16(14)21/h4-9,12,22H,10-11,13H2,1-3H3. The summed E-state index contributed by atoms with van der Waals surface area (Å²) in [5, 5.41) is 0.593. The predicted octanol–water partition coefficient (Wildman–Crippen LogP) is 4.57. The molecule has 0 unspecified atom stereocenters. The van der Waals surface area contributed by atoms with Gasteiger partial charge in [0, 0.05) is 22.1 Å². The third-order valence-electron chi connectivity index (χ3n) is 4.17. The van der Waals surface area contributed by atoms with Gasteiger partial charge < -0.3 is 0 Å². The zero-order valence-corrected chi connectivity index (χ0v) is 19.6. The zero-order valence-electron chi connectivity index (χ0n) is 16.4. The monoisotopic (exact) mass is 470 g/mol. The molecular weight excluding hydrogens is 448 g/mol. The third-order valence-corrected chi connectivity index (χ3v) is 8.21. The molecule has 0 atom stereocenters. The van der Waals surface area contributed by atoms with Crippen LogP contribution < -0.4 is 9.60 Å². The van der Waals surface area contributed by atoms with E-state index in [9.17, 15) is 13.2 Å². The fourth-order valence-electron chi connectivity index (χ4n) is 2.78. The molecule has 5 nitrogen and oxygen atoms in total. The van der Waals surface area contributed by atoms with Gasteiger partial charge in [0.15, 0.2) is 0 Å². The quantitative estimate of drug-likeness (QED) is 0.513. The molecule has 0 spiro atoms. The van der Waals surface area contributed by atoms with Crippen molar-refractivity contribution in [2.75, 3.05) is 12.3 Å². The number of rotatable bonds is 7. The smallest absolute Gasteiger partial charge is 0.294 e. The molecule has 0 aliphatic rings. The molecule has 3 aromatic rings. The van der Waals surface area contributed by atoms with Crippen LogP contribution in [0.15, 0.2) is 52.2 Å². The van der Waals surface area contributed by atoms with E-state index in [1.165, 1.54) is 6.07 Å². The van der Waals surface area contributed by atoms with Crippen LogP contribution in [0.2, 0.25) is 5.02 Å². The molecule has 29 heavy (non-hydrogen) atoms. The lowest BCUT2D eigenvalue weighted by molar-refractivity contribution is 0.584. The highest BCUT2D eigenvalue weighted by molar-refractivity contribution is 8.00. The summed E-state index contributed by atoms with van der Waals surface area (Å²) in [6.07, 6.45) is 0. The first-order valence-corrected chi connectivity index (χ1v) is 12.7. The number of thiazole rings is 1. The molecule has 0 fully saturated rings. The molecule has 1 N–H and O–H groups in total. The van der Waals surface area contributed by atoms with Crippen molar-refractivity contribution in [3.63, 3.8) is 0 Å². The summed E-state index contributed by atoms with van der Waals surface area (Å²) in [4.78, 5) is 12.5. The van der Waals surface area contributed by atoms with Gasteiger partial charge in [0.2, 0.25) is 10.0 Å². The minimum Gasteiger partial charge on any atom is -0.294 e. The van der Waals surface area contributed by atoms with Gasteiger partial charge in [0.05, 0.1) is 21.7 Å². The number of hydrogen-bond donors (Lipinski definition) is 1. The first-order chi connectivity index (χ1) is 13.6. The molecule has 3 rings (SSSR count). The highest BCUT2D eigenvalue weighted by atomic mass is 35.5. The molecule has 0 bridgehead atoms. The topological polar surface area (TPSA) is 68.2 Å². The van der Waals surface area contributed by atoms with Crippen molar-refractivity contribution >= 4 is 54.9 Å². The Hall–Kier alpha value is -1.32. The largest absolute Gasteiger partial charge is 0.308 e. The van der Waals surface area contributed by atoms with Gasteiger partial charge >= 0.3 is 4.87 Å². The van der Waals surface area contributed by atoms with E-state index >= 15 is 0 Å². The van der Waals surface area contributed by atoms with Crippen LogP contribution in [0.4, 0.5) is 0 Å². The Balaban J connectivity index is 1.82. The van der Waals surface area contributed by atoms with E-state index in [1.54, 1.807) is 34.5 Å². The van der Waals surface area contributed by atoms with Crippen LogP contribution in [0.25, 0.3) is 10.2 Å². The fourth-order valence-corrected chi connectivity index (χ4v) is 5.98. The maximum absolute atomic E-state index is 12.6. The molecular formula is C20H23ClN2O3S3. The number of nitrogens with zero attached hydrogens (tertiary/aromatic N) is 1. The second-order valence-corrected chi connectivity index (χ2v) is 12.6. The van der Waals surface area contributed by atoms with Crippen LogP contribution in [-0.4, -0.2) is 30.0 Å². The van der Waals surface area contributed by atoms with E-state index in [4.69, 9.17) is 11.6 Å². The average Bonchev–Trinajstić information content (AvgIpc) is 2.94. The number of fused-ring (bicyclic) bond motifs is 1. The van der Waals surface area contributed by atoms with E-state index in [1.807, 2.05) is 18.2 Å². The lowest BCUT2D eigenvalue weighted by Crippen LogP contribution is -2.27. The summed E-state index contributed by atoms with van der Waals surface area (Å²) in [5.41, 5.74) is 1.54. The van der Waals surface area contributed by atoms with E-state index in [-0.39, 0.29) is 14.5 Å². The molecule has 1 aromatic heterocycles. The maximum atomic E-state index is 12.6. The van der Waals surface area contributed by atoms with Crippen LogP contribution in [0.5, 0.6) is 0 Å². The Kier molecular flexibility index (Phi) is 6.80. The lowest BCUT2D eigenvalue weighted by Gasteiger charge is -2.17. The van der Waals surface area contributed by atoms with Crippen molar-refractivity contribution < 1.29 is 8.42 Å². The molecule has 0 radical (unpaired) electrons. The van der Waals surface area contributed by atoms with Crippen LogP contribution in [-0.2, 0) is 16.6 Å². The predicted molar refractivity (Wildman–Crippen MR) is 124 cm³/mol. The first-order valence-electron chi connectivity index (χ1n) is 9.07. The Labute approximate surface area is 184 Å². The van der Waals surface area contributed by atoms with E-state index in [0.717, 1.165) is 16.9 Å². The number of nitrogens with one attached hydrogen (secondary N) is 1. The minimum atomic E-state index is -3.63. The molecule has 1 heterocycles. The Morgan fingerprint density at radius 2 is 1.90 bits per heavy atom. The highest BCUT2D eigenvalue weighted by Crippen LogP contribution is 2.25. The van der Waals surface area contributed by atoms with Crippen molar-refractivity contribution in [3.8, 4) is 0 Å². The van der Waals surface area contributed by atoms with Gasteiger partial charge in [-0.15, -0.1) is 0 Å².